The molecule has 5 nitrogen and oxygen atoms in total. The predicted molar refractivity (Wildman–Crippen MR) is 180 cm³/mol. The Labute approximate surface area is 269 Å². The van der Waals surface area contributed by atoms with Crippen LogP contribution >= 0.6 is 35.1 Å². The minimum Gasteiger partial charge on any atom is -0.330 e. The fourth-order valence-electron chi connectivity index (χ4n) is 5.45. The molecule has 2 aliphatic heterocycles. The number of nitrogens with one attached hydrogen (secondary N) is 1. The number of hydrazine groups is 1. The first-order chi connectivity index (χ1) is 21.6. The number of rotatable bonds is 6. The van der Waals surface area contributed by atoms with Crippen LogP contribution in [-0.2, 0) is 9.59 Å². The first kappa shape index (κ1) is 28.3. The number of hydrogen-bond donors (Lipinski definition) is 1. The van der Waals surface area contributed by atoms with Gasteiger partial charge in [0.15, 0.2) is 0 Å². The van der Waals surface area contributed by atoms with Gasteiger partial charge in [0.25, 0.3) is 11.8 Å². The van der Waals surface area contributed by atoms with E-state index < -0.39 is 5.37 Å². The monoisotopic (exact) mass is 631 g/mol. The van der Waals surface area contributed by atoms with Crippen LogP contribution in [0.5, 0.6) is 0 Å². The molecule has 0 bridgehead atoms. The van der Waals surface area contributed by atoms with E-state index in [0.717, 1.165) is 43.4 Å². The molecule has 1 atom stereocenters. The lowest BCUT2D eigenvalue weighted by Gasteiger charge is -2.33. The van der Waals surface area contributed by atoms with Gasteiger partial charge in [-0.1, -0.05) is 132 Å². The average molecular weight is 632 g/mol. The number of anilines is 2. The summed E-state index contributed by atoms with van der Waals surface area (Å²) in [6, 6.07) is 43.3. The highest BCUT2D eigenvalue weighted by atomic mass is 35.5. The predicted octanol–water partition coefficient (Wildman–Crippen LogP) is 8.71. The van der Waals surface area contributed by atoms with Gasteiger partial charge in [-0.05, 0) is 53.1 Å². The molecule has 8 heteroatoms. The molecular weight excluding hydrogens is 606 g/mol. The number of benzene rings is 5. The molecule has 0 radical (unpaired) electrons. The van der Waals surface area contributed by atoms with Crippen LogP contribution in [0.1, 0.15) is 22.1 Å². The van der Waals surface area contributed by atoms with Crippen LogP contribution in [0.3, 0.4) is 0 Å². The summed E-state index contributed by atoms with van der Waals surface area (Å²) in [6.07, 6.45) is 0. The topological polar surface area (TPSA) is 52.7 Å². The highest BCUT2D eigenvalue weighted by Gasteiger charge is 2.41. The third-order valence-corrected chi connectivity index (χ3v) is 10.2. The molecule has 5 aromatic carbocycles. The SMILES string of the molecule is O=C(CN1c2ccccc2Sc2ccccc21)NN1C(=O)C(=C(c2ccccc2)c2ccccc2)SC1c1ccc(Cl)cc1. The first-order valence-corrected chi connectivity index (χ1v) is 16.2. The lowest BCUT2D eigenvalue weighted by atomic mass is 9.97. The second-order valence-corrected chi connectivity index (χ2v) is 12.9. The molecule has 0 spiro atoms. The number of carbonyl (C=O) groups excluding carboxylic acids is 2. The van der Waals surface area contributed by atoms with Gasteiger partial charge in [-0.2, -0.15) is 0 Å². The van der Waals surface area contributed by atoms with Gasteiger partial charge in [0.05, 0.1) is 16.3 Å². The van der Waals surface area contributed by atoms with E-state index >= 15 is 0 Å². The molecule has 1 fully saturated rings. The number of amides is 2. The normalized spacial score (nSPS) is 15.5. The van der Waals surface area contributed by atoms with Gasteiger partial charge in [-0.3, -0.25) is 15.0 Å². The molecule has 5 aromatic rings. The van der Waals surface area contributed by atoms with Gasteiger partial charge in [0, 0.05) is 20.4 Å². The Hall–Kier alpha value is -4.43. The zero-order valence-corrected chi connectivity index (χ0v) is 25.8. The van der Waals surface area contributed by atoms with E-state index in [1.165, 1.54) is 16.8 Å². The van der Waals surface area contributed by atoms with Crippen LogP contribution in [-0.4, -0.2) is 23.4 Å². The van der Waals surface area contributed by atoms with Crippen molar-refractivity contribution in [3.8, 4) is 0 Å². The number of fused-ring (bicyclic) bond motifs is 2. The summed E-state index contributed by atoms with van der Waals surface area (Å²) in [5, 5.41) is 1.58. The fraction of sp³-hybridized carbons (Fsp3) is 0.0556. The molecule has 2 aliphatic rings. The van der Waals surface area contributed by atoms with Crippen molar-refractivity contribution in [2.24, 2.45) is 0 Å². The molecule has 0 aromatic heterocycles. The van der Waals surface area contributed by atoms with Crippen LogP contribution in [0.15, 0.2) is 148 Å². The van der Waals surface area contributed by atoms with Crippen LogP contribution in [0.2, 0.25) is 5.02 Å². The Morgan fingerprint density at radius 3 is 1.80 bits per heavy atom. The van der Waals surface area contributed by atoms with Gasteiger partial charge >= 0.3 is 0 Å². The molecule has 1 saturated heterocycles. The van der Waals surface area contributed by atoms with Crippen LogP contribution < -0.4 is 10.3 Å². The lowest BCUT2D eigenvalue weighted by Crippen LogP contribution is -2.48. The van der Waals surface area contributed by atoms with E-state index in [1.54, 1.807) is 23.9 Å². The standard InChI is InChI=1S/C36H26ClN3O2S2/c37-27-21-19-26(20-22-27)36-40(35(42)34(44-36)33(24-11-3-1-4-12-24)25-13-5-2-6-14-25)38-32(41)23-39-28-15-7-9-17-30(28)43-31-18-10-8-16-29(31)39/h1-22,36H,23H2,(H,38,41). The molecule has 1 N–H and O–H groups in total. The van der Waals surface area contributed by atoms with E-state index in [4.69, 9.17) is 11.6 Å². The number of carbonyl (C=O) groups is 2. The van der Waals surface area contributed by atoms with E-state index in [0.29, 0.717) is 9.93 Å². The summed E-state index contributed by atoms with van der Waals surface area (Å²) in [5.74, 6) is -0.558. The van der Waals surface area contributed by atoms with E-state index in [1.807, 2.05) is 114 Å². The minimum atomic E-state index is -0.488. The lowest BCUT2D eigenvalue weighted by molar-refractivity contribution is -0.137. The number of thioether (sulfide) groups is 1. The van der Waals surface area contributed by atoms with Gasteiger partial charge in [-0.15, -0.1) is 0 Å². The molecule has 2 heterocycles. The Bertz CT molecular complexity index is 1790. The highest BCUT2D eigenvalue weighted by Crippen LogP contribution is 2.50. The maximum atomic E-state index is 14.4. The number of hydrogen-bond acceptors (Lipinski definition) is 5. The first-order valence-electron chi connectivity index (χ1n) is 14.1. The molecule has 0 aliphatic carbocycles. The van der Waals surface area contributed by atoms with Gasteiger partial charge in [0.1, 0.15) is 11.9 Å². The summed E-state index contributed by atoms with van der Waals surface area (Å²) < 4.78 is 0. The van der Waals surface area contributed by atoms with Crippen molar-refractivity contribution in [2.75, 3.05) is 11.4 Å². The number of nitrogens with zero attached hydrogens (tertiary/aromatic N) is 2. The van der Waals surface area contributed by atoms with Gasteiger partial charge in [-0.25, -0.2) is 5.01 Å². The van der Waals surface area contributed by atoms with E-state index in [9.17, 15) is 9.59 Å². The smallest absolute Gasteiger partial charge is 0.280 e. The van der Waals surface area contributed by atoms with Gasteiger partial charge in [0.2, 0.25) is 0 Å². The minimum absolute atomic E-state index is 0.0413. The summed E-state index contributed by atoms with van der Waals surface area (Å²) in [7, 11) is 0. The highest BCUT2D eigenvalue weighted by molar-refractivity contribution is 8.04. The summed E-state index contributed by atoms with van der Waals surface area (Å²) in [6.45, 7) is 0.0413. The molecule has 1 unspecified atom stereocenters. The molecule has 2 amide bonds. The van der Waals surface area contributed by atoms with Crippen molar-refractivity contribution in [1.82, 2.24) is 10.4 Å². The largest absolute Gasteiger partial charge is 0.330 e. The fourth-order valence-corrected chi connectivity index (χ4v) is 8.00. The zero-order valence-electron chi connectivity index (χ0n) is 23.4. The zero-order chi connectivity index (χ0) is 30.0. The third-order valence-electron chi connectivity index (χ3n) is 7.46. The van der Waals surface area contributed by atoms with Crippen molar-refractivity contribution in [3.63, 3.8) is 0 Å². The van der Waals surface area contributed by atoms with Crippen LogP contribution in [0.4, 0.5) is 11.4 Å². The van der Waals surface area contributed by atoms with Gasteiger partial charge < -0.3 is 4.90 Å². The number of para-hydroxylation sites is 2. The van der Waals surface area contributed by atoms with E-state index in [2.05, 4.69) is 17.6 Å². The van der Waals surface area contributed by atoms with Crippen molar-refractivity contribution in [2.45, 2.75) is 15.2 Å². The molecule has 7 rings (SSSR count). The average Bonchev–Trinajstić information content (AvgIpc) is 3.37. The summed E-state index contributed by atoms with van der Waals surface area (Å²) in [5.41, 5.74) is 8.45. The van der Waals surface area contributed by atoms with Crippen molar-refractivity contribution < 1.29 is 9.59 Å². The van der Waals surface area contributed by atoms with Crippen molar-refractivity contribution in [1.29, 1.82) is 0 Å². The van der Waals surface area contributed by atoms with Crippen molar-refractivity contribution in [3.05, 3.63) is 160 Å². The second-order valence-electron chi connectivity index (χ2n) is 10.3. The maximum absolute atomic E-state index is 14.4. The third kappa shape index (κ3) is 5.50. The second kappa shape index (κ2) is 12.3. The summed E-state index contributed by atoms with van der Waals surface area (Å²) in [4.78, 5) is 33.0. The molecule has 44 heavy (non-hydrogen) atoms. The summed E-state index contributed by atoms with van der Waals surface area (Å²) >= 11 is 9.34. The van der Waals surface area contributed by atoms with Crippen molar-refractivity contribution >= 4 is 63.9 Å². The maximum Gasteiger partial charge on any atom is 0.280 e. The molecule has 216 valence electrons. The van der Waals surface area contributed by atoms with E-state index in [-0.39, 0.29) is 18.4 Å². The Kier molecular flexibility index (Phi) is 7.91. The Morgan fingerprint density at radius 2 is 1.23 bits per heavy atom. The molecule has 0 saturated carbocycles. The Balaban J connectivity index is 1.27. The number of halogens is 1. The Morgan fingerprint density at radius 1 is 0.705 bits per heavy atom. The molecular formula is C36H26ClN3O2S2. The van der Waals surface area contributed by atoms with Crippen LogP contribution in [0, 0.1) is 0 Å². The van der Waals surface area contributed by atoms with Crippen LogP contribution in [0.25, 0.3) is 5.57 Å². The quantitative estimate of drug-likeness (QED) is 0.190.